The lowest BCUT2D eigenvalue weighted by Crippen LogP contribution is -2.53. The topological polar surface area (TPSA) is 63.4 Å². The Morgan fingerprint density at radius 2 is 2.10 bits per heavy atom. The van der Waals surface area contributed by atoms with Gasteiger partial charge in [0.05, 0.1) is 9.67 Å². The highest BCUT2D eigenvalue weighted by molar-refractivity contribution is 7.86. The minimum absolute atomic E-state index is 0.281. The number of para-hydroxylation sites is 1. The van der Waals surface area contributed by atoms with Gasteiger partial charge in [-0.1, -0.05) is 19.9 Å². The number of anilines is 1. The van der Waals surface area contributed by atoms with Gasteiger partial charge in [-0.15, -0.1) is 0 Å². The summed E-state index contributed by atoms with van der Waals surface area (Å²) in [5.41, 5.74) is -0.214. The van der Waals surface area contributed by atoms with E-state index in [1.165, 1.54) is 6.07 Å². The number of nitro benzene ring substituents is 1. The molecule has 1 heterocycles. The van der Waals surface area contributed by atoms with Crippen LogP contribution in [0.4, 0.5) is 15.8 Å². The summed E-state index contributed by atoms with van der Waals surface area (Å²) in [5.74, 6) is -0.377. The first-order chi connectivity index (χ1) is 9.95. The van der Waals surface area contributed by atoms with Gasteiger partial charge in [-0.2, -0.15) is 4.39 Å². The van der Waals surface area contributed by atoms with E-state index in [2.05, 4.69) is 0 Å². The highest BCUT2D eigenvalue weighted by Crippen LogP contribution is 2.36. The van der Waals surface area contributed by atoms with E-state index in [9.17, 15) is 18.7 Å². The first-order valence-corrected chi connectivity index (χ1v) is 8.33. The molecule has 1 aliphatic rings. The molecular weight excluding hydrogens is 295 g/mol. The maximum atomic E-state index is 13.8. The van der Waals surface area contributed by atoms with Crippen LogP contribution in [0.2, 0.25) is 0 Å². The predicted molar refractivity (Wildman–Crippen MR) is 81.6 cm³/mol. The van der Waals surface area contributed by atoms with E-state index in [4.69, 9.17) is 0 Å². The number of hydrogen-bond donors (Lipinski definition) is 0. The van der Waals surface area contributed by atoms with E-state index < -0.39 is 27.2 Å². The summed E-state index contributed by atoms with van der Waals surface area (Å²) in [6.07, 6.45) is 1.46. The summed E-state index contributed by atoms with van der Waals surface area (Å²) in [6.45, 7) is 4.85. The Hall–Kier alpha value is -1.50. The van der Waals surface area contributed by atoms with Crippen LogP contribution < -0.4 is 4.90 Å². The van der Waals surface area contributed by atoms with Crippen molar-refractivity contribution in [2.24, 2.45) is 0 Å². The molecule has 0 saturated carbocycles. The second kappa shape index (κ2) is 6.09. The first-order valence-electron chi connectivity index (χ1n) is 7.01. The largest absolute Gasteiger partial charge is 0.363 e. The van der Waals surface area contributed by atoms with Crippen LogP contribution in [-0.2, 0) is 10.8 Å². The zero-order valence-electron chi connectivity index (χ0n) is 12.2. The molecule has 1 atom stereocenters. The molecular formula is C14H19FN2O3S. The maximum absolute atomic E-state index is 13.8. The van der Waals surface area contributed by atoms with Gasteiger partial charge in [0.15, 0.2) is 0 Å². The summed E-state index contributed by atoms with van der Waals surface area (Å²) in [5, 5.41) is 11.1. The monoisotopic (exact) mass is 314 g/mol. The van der Waals surface area contributed by atoms with Crippen LogP contribution >= 0.6 is 0 Å². The number of halogens is 1. The quantitative estimate of drug-likeness (QED) is 0.633. The SMILES string of the molecule is CCC1(CC)CN(c2cccc(F)c2[N+](=O)[O-])CCS1=O. The van der Waals surface area contributed by atoms with Gasteiger partial charge in [0.2, 0.25) is 5.82 Å². The van der Waals surface area contributed by atoms with Gasteiger partial charge in [0, 0.05) is 29.6 Å². The molecule has 1 fully saturated rings. The molecule has 0 N–H and O–H groups in total. The van der Waals surface area contributed by atoms with Gasteiger partial charge in [-0.05, 0) is 25.0 Å². The van der Waals surface area contributed by atoms with Crippen LogP contribution in [0.1, 0.15) is 26.7 Å². The van der Waals surface area contributed by atoms with Crippen molar-refractivity contribution in [3.63, 3.8) is 0 Å². The van der Waals surface area contributed by atoms with Crippen molar-refractivity contribution < 1.29 is 13.5 Å². The molecule has 1 unspecified atom stereocenters. The normalized spacial score (nSPS) is 21.3. The van der Waals surface area contributed by atoms with Crippen molar-refractivity contribution in [1.82, 2.24) is 0 Å². The van der Waals surface area contributed by atoms with Gasteiger partial charge in [-0.25, -0.2) is 0 Å². The number of rotatable bonds is 4. The third-order valence-electron chi connectivity index (χ3n) is 4.29. The van der Waals surface area contributed by atoms with E-state index in [-0.39, 0.29) is 10.4 Å². The fourth-order valence-corrected chi connectivity index (χ4v) is 4.61. The van der Waals surface area contributed by atoms with Gasteiger partial charge < -0.3 is 4.90 Å². The molecule has 1 aromatic rings. The predicted octanol–water partition coefficient (Wildman–Crippen LogP) is 2.86. The molecule has 2 rings (SSSR count). The van der Waals surface area contributed by atoms with E-state index in [1.807, 2.05) is 13.8 Å². The average Bonchev–Trinajstić information content (AvgIpc) is 2.47. The van der Waals surface area contributed by atoms with Crippen molar-refractivity contribution in [1.29, 1.82) is 0 Å². The summed E-state index contributed by atoms with van der Waals surface area (Å²) in [6, 6.07) is 4.13. The molecule has 0 bridgehead atoms. The van der Waals surface area contributed by atoms with Gasteiger partial charge in [0.1, 0.15) is 5.69 Å². The minimum atomic E-state index is -0.959. The van der Waals surface area contributed by atoms with Gasteiger partial charge >= 0.3 is 5.69 Å². The third-order valence-corrected chi connectivity index (χ3v) is 6.51. The van der Waals surface area contributed by atoms with E-state index >= 15 is 0 Å². The molecule has 0 amide bonds. The Bertz CT molecular complexity index is 575. The molecule has 116 valence electrons. The Morgan fingerprint density at radius 1 is 1.43 bits per heavy atom. The van der Waals surface area contributed by atoms with E-state index in [0.29, 0.717) is 18.8 Å². The first kappa shape index (κ1) is 15.9. The number of nitro groups is 1. The summed E-state index contributed by atoms with van der Waals surface area (Å²) in [4.78, 5) is 12.2. The lowest BCUT2D eigenvalue weighted by Gasteiger charge is -2.41. The molecule has 5 nitrogen and oxygen atoms in total. The van der Waals surface area contributed by atoms with Crippen molar-refractivity contribution in [3.8, 4) is 0 Å². The molecule has 0 radical (unpaired) electrons. The molecule has 1 aliphatic heterocycles. The van der Waals surface area contributed by atoms with Crippen LogP contribution in [0.5, 0.6) is 0 Å². The van der Waals surface area contributed by atoms with Crippen LogP contribution in [-0.4, -0.2) is 32.7 Å². The van der Waals surface area contributed by atoms with Crippen LogP contribution in [0, 0.1) is 15.9 Å². The van der Waals surface area contributed by atoms with E-state index in [1.54, 1.807) is 11.0 Å². The van der Waals surface area contributed by atoms with Crippen molar-refractivity contribution in [2.75, 3.05) is 23.7 Å². The summed E-state index contributed by atoms with van der Waals surface area (Å²) < 4.78 is 25.7. The van der Waals surface area contributed by atoms with Crippen LogP contribution in [0.3, 0.4) is 0 Å². The lowest BCUT2D eigenvalue weighted by atomic mass is 10.0. The van der Waals surface area contributed by atoms with Crippen molar-refractivity contribution >= 4 is 22.2 Å². The molecule has 0 aromatic heterocycles. The smallest absolute Gasteiger partial charge is 0.327 e. The number of hydrogen-bond acceptors (Lipinski definition) is 4. The van der Waals surface area contributed by atoms with Crippen molar-refractivity contribution in [3.05, 3.63) is 34.1 Å². The molecule has 1 saturated heterocycles. The Balaban J connectivity index is 2.42. The second-order valence-electron chi connectivity index (χ2n) is 5.23. The van der Waals surface area contributed by atoms with E-state index in [0.717, 1.165) is 18.9 Å². The Morgan fingerprint density at radius 3 is 2.67 bits per heavy atom. The molecule has 0 aliphatic carbocycles. The molecule has 21 heavy (non-hydrogen) atoms. The average molecular weight is 314 g/mol. The van der Waals surface area contributed by atoms with Crippen molar-refractivity contribution in [2.45, 2.75) is 31.4 Å². The number of benzene rings is 1. The second-order valence-corrected chi connectivity index (χ2v) is 7.19. The lowest BCUT2D eigenvalue weighted by molar-refractivity contribution is -0.386. The van der Waals surface area contributed by atoms with Gasteiger partial charge in [0.25, 0.3) is 0 Å². The Kier molecular flexibility index (Phi) is 4.61. The fourth-order valence-electron chi connectivity index (χ4n) is 2.85. The highest BCUT2D eigenvalue weighted by Gasteiger charge is 2.40. The molecule has 7 heteroatoms. The molecule has 1 aromatic carbocycles. The van der Waals surface area contributed by atoms with Gasteiger partial charge in [-0.3, -0.25) is 14.3 Å². The maximum Gasteiger partial charge on any atom is 0.327 e. The van der Waals surface area contributed by atoms with Crippen LogP contribution in [0.25, 0.3) is 0 Å². The minimum Gasteiger partial charge on any atom is -0.363 e. The highest BCUT2D eigenvalue weighted by atomic mass is 32.2. The molecule has 0 spiro atoms. The summed E-state index contributed by atoms with van der Waals surface area (Å²) in [7, 11) is -0.959. The third kappa shape index (κ3) is 2.79. The zero-order valence-corrected chi connectivity index (χ0v) is 13.0. The Labute approximate surface area is 125 Å². The van der Waals surface area contributed by atoms with Crippen LogP contribution in [0.15, 0.2) is 18.2 Å². The zero-order chi connectivity index (χ0) is 15.6. The standard InChI is InChI=1S/C14H19FN2O3S/c1-3-14(4-2)10-16(8-9-21(14)20)12-7-5-6-11(15)13(12)17(18)19/h5-7H,3-4,8-10H2,1-2H3. The fraction of sp³-hybridized carbons (Fsp3) is 0.571. The summed E-state index contributed by atoms with van der Waals surface area (Å²) >= 11 is 0. The number of nitrogens with zero attached hydrogens (tertiary/aromatic N) is 2.